The molecule has 3 atom stereocenters. The molecule has 132 valence electrons. The lowest BCUT2D eigenvalue weighted by atomic mass is 9.65. The maximum Gasteiger partial charge on any atom is 0.225 e. The van der Waals surface area contributed by atoms with Crippen molar-refractivity contribution in [1.82, 2.24) is 9.80 Å². The van der Waals surface area contributed by atoms with E-state index in [0.717, 1.165) is 45.6 Å². The monoisotopic (exact) mass is 321 g/mol. The van der Waals surface area contributed by atoms with Gasteiger partial charge in [-0.25, -0.2) is 0 Å². The van der Waals surface area contributed by atoms with Crippen LogP contribution in [-0.2, 0) is 4.79 Å². The topological polar surface area (TPSA) is 49.6 Å². The van der Waals surface area contributed by atoms with Gasteiger partial charge in [0.05, 0.1) is 0 Å². The molecule has 3 aliphatic rings. The number of amides is 1. The van der Waals surface area contributed by atoms with Crippen molar-refractivity contribution in [1.29, 1.82) is 0 Å². The highest BCUT2D eigenvalue weighted by Gasteiger charge is 2.42. The van der Waals surface area contributed by atoms with E-state index < -0.39 is 0 Å². The Morgan fingerprint density at radius 3 is 2.39 bits per heavy atom. The Morgan fingerprint density at radius 2 is 1.78 bits per heavy atom. The van der Waals surface area contributed by atoms with Crippen LogP contribution in [0.15, 0.2) is 0 Å². The van der Waals surface area contributed by atoms with Crippen LogP contribution in [0.5, 0.6) is 0 Å². The number of carbonyl (C=O) groups excluding carboxylic acids is 1. The molecule has 3 rings (SSSR count). The van der Waals surface area contributed by atoms with Crippen LogP contribution < -0.4 is 5.73 Å². The second kappa shape index (κ2) is 7.52. The maximum atomic E-state index is 13.0. The van der Waals surface area contributed by atoms with Gasteiger partial charge in [-0.15, -0.1) is 0 Å². The molecule has 1 amide bonds. The Balaban J connectivity index is 1.53. The molecule has 2 saturated carbocycles. The van der Waals surface area contributed by atoms with Gasteiger partial charge in [-0.1, -0.05) is 20.3 Å². The minimum atomic E-state index is 0.261. The summed E-state index contributed by atoms with van der Waals surface area (Å²) in [5.74, 6) is 2.58. The summed E-state index contributed by atoms with van der Waals surface area (Å²) in [6.07, 6.45) is 7.08. The third-order valence-corrected chi connectivity index (χ3v) is 6.77. The van der Waals surface area contributed by atoms with E-state index in [1.54, 1.807) is 0 Å². The summed E-state index contributed by atoms with van der Waals surface area (Å²) >= 11 is 0. The molecule has 0 radical (unpaired) electrons. The number of hydrogen-bond donors (Lipinski definition) is 1. The molecule has 3 fully saturated rings. The number of hydrogen-bond acceptors (Lipinski definition) is 3. The van der Waals surface area contributed by atoms with Crippen molar-refractivity contribution in [2.75, 3.05) is 32.7 Å². The van der Waals surface area contributed by atoms with Gasteiger partial charge in [0.25, 0.3) is 0 Å². The Labute approximate surface area is 141 Å². The first-order valence-corrected chi connectivity index (χ1v) is 9.89. The minimum absolute atomic E-state index is 0.261. The lowest BCUT2D eigenvalue weighted by Crippen LogP contribution is -2.49. The molecule has 4 heteroatoms. The first-order valence-electron chi connectivity index (χ1n) is 9.89. The summed E-state index contributed by atoms with van der Waals surface area (Å²) < 4.78 is 0. The normalized spacial score (nSPS) is 37.4. The minimum Gasteiger partial charge on any atom is -0.342 e. The van der Waals surface area contributed by atoms with Crippen LogP contribution in [0.25, 0.3) is 0 Å². The summed E-state index contributed by atoms with van der Waals surface area (Å²) in [6.45, 7) is 9.79. The fourth-order valence-electron chi connectivity index (χ4n) is 5.28. The molecular formula is C19H35N3O. The summed E-state index contributed by atoms with van der Waals surface area (Å²) in [5.41, 5.74) is 6.38. The van der Waals surface area contributed by atoms with Gasteiger partial charge in [-0.2, -0.15) is 0 Å². The second-order valence-electron chi connectivity index (χ2n) is 8.12. The van der Waals surface area contributed by atoms with Crippen molar-refractivity contribution in [2.45, 2.75) is 58.4 Å². The van der Waals surface area contributed by atoms with Crippen molar-refractivity contribution in [3.05, 3.63) is 0 Å². The summed E-state index contributed by atoms with van der Waals surface area (Å²) in [5, 5.41) is 0. The Bertz CT molecular complexity index is 395. The lowest BCUT2D eigenvalue weighted by Gasteiger charge is -2.44. The fourth-order valence-corrected chi connectivity index (χ4v) is 5.28. The van der Waals surface area contributed by atoms with E-state index in [1.807, 2.05) is 0 Å². The number of likely N-dealkylation sites (tertiary alicyclic amines) is 1. The van der Waals surface area contributed by atoms with Crippen LogP contribution in [0.4, 0.5) is 0 Å². The molecule has 1 heterocycles. The van der Waals surface area contributed by atoms with Gasteiger partial charge in [-0.3, -0.25) is 4.79 Å². The molecule has 0 aromatic heterocycles. The fraction of sp³-hybridized carbons (Fsp3) is 0.947. The third-order valence-electron chi connectivity index (χ3n) is 6.77. The van der Waals surface area contributed by atoms with Crippen molar-refractivity contribution in [3.63, 3.8) is 0 Å². The molecule has 2 bridgehead atoms. The first-order chi connectivity index (χ1) is 11.1. The molecule has 1 aliphatic heterocycles. The van der Waals surface area contributed by atoms with E-state index in [2.05, 4.69) is 23.6 Å². The average Bonchev–Trinajstić information content (AvgIpc) is 3.00. The van der Waals surface area contributed by atoms with Crippen LogP contribution in [0.3, 0.4) is 0 Å². The first kappa shape index (κ1) is 17.2. The molecule has 0 aromatic carbocycles. The summed E-state index contributed by atoms with van der Waals surface area (Å²) in [4.78, 5) is 17.6. The Kier molecular flexibility index (Phi) is 5.63. The Hall–Kier alpha value is -0.610. The molecule has 0 aromatic rings. The average molecular weight is 322 g/mol. The smallest absolute Gasteiger partial charge is 0.225 e. The predicted molar refractivity (Wildman–Crippen MR) is 94.0 cm³/mol. The van der Waals surface area contributed by atoms with Crippen molar-refractivity contribution in [3.8, 4) is 0 Å². The molecular weight excluding hydrogens is 286 g/mol. The molecule has 2 N–H and O–H groups in total. The van der Waals surface area contributed by atoms with Crippen LogP contribution >= 0.6 is 0 Å². The van der Waals surface area contributed by atoms with Gasteiger partial charge in [-0.05, 0) is 62.9 Å². The number of nitrogens with two attached hydrogens (primary N) is 1. The zero-order chi connectivity index (χ0) is 16.4. The van der Waals surface area contributed by atoms with Crippen molar-refractivity contribution in [2.24, 2.45) is 29.4 Å². The zero-order valence-corrected chi connectivity index (χ0v) is 15.0. The van der Waals surface area contributed by atoms with Gasteiger partial charge < -0.3 is 15.5 Å². The van der Waals surface area contributed by atoms with E-state index in [0.29, 0.717) is 29.7 Å². The Morgan fingerprint density at radius 1 is 1.13 bits per heavy atom. The predicted octanol–water partition coefficient (Wildman–Crippen LogP) is 2.33. The van der Waals surface area contributed by atoms with Crippen molar-refractivity contribution < 1.29 is 4.79 Å². The summed E-state index contributed by atoms with van der Waals surface area (Å²) in [6, 6.07) is 0.363. The van der Waals surface area contributed by atoms with Gasteiger partial charge in [0.2, 0.25) is 5.91 Å². The second-order valence-corrected chi connectivity index (χ2v) is 8.12. The highest BCUT2D eigenvalue weighted by atomic mass is 16.2. The molecule has 4 nitrogen and oxygen atoms in total. The molecule has 0 spiro atoms. The molecule has 1 saturated heterocycles. The van der Waals surface area contributed by atoms with Crippen LogP contribution in [0, 0.1) is 23.7 Å². The van der Waals surface area contributed by atoms with Gasteiger partial charge in [0.15, 0.2) is 0 Å². The maximum absolute atomic E-state index is 13.0. The molecule has 3 unspecified atom stereocenters. The number of fused-ring (bicyclic) bond motifs is 2. The van der Waals surface area contributed by atoms with Gasteiger partial charge in [0, 0.05) is 31.6 Å². The molecule has 23 heavy (non-hydrogen) atoms. The number of nitrogens with zero attached hydrogens (tertiary/aromatic N) is 2. The van der Waals surface area contributed by atoms with E-state index >= 15 is 0 Å². The van der Waals surface area contributed by atoms with Gasteiger partial charge >= 0.3 is 0 Å². The standard InChI is InChI=1S/C19H35N3O/c1-3-21(4-2)12-14-8-9-22(13-14)19(23)17-10-15-6-5-7-16(11-17)18(15)20/h14-18H,3-13,20H2,1-2H3. The van der Waals surface area contributed by atoms with Crippen LogP contribution in [0.1, 0.15) is 52.4 Å². The van der Waals surface area contributed by atoms with Crippen LogP contribution in [-0.4, -0.2) is 54.5 Å². The zero-order valence-electron chi connectivity index (χ0n) is 15.0. The van der Waals surface area contributed by atoms with Gasteiger partial charge in [0.1, 0.15) is 0 Å². The SMILES string of the molecule is CCN(CC)CC1CCN(C(=O)C2CC3CCCC(C2)C3N)C1. The lowest BCUT2D eigenvalue weighted by molar-refractivity contribution is -0.137. The van der Waals surface area contributed by atoms with E-state index in [1.165, 1.54) is 25.7 Å². The summed E-state index contributed by atoms with van der Waals surface area (Å²) in [7, 11) is 0. The van der Waals surface area contributed by atoms with E-state index in [-0.39, 0.29) is 5.92 Å². The van der Waals surface area contributed by atoms with Crippen molar-refractivity contribution >= 4 is 5.91 Å². The highest BCUT2D eigenvalue weighted by molar-refractivity contribution is 5.79. The van der Waals surface area contributed by atoms with Crippen LogP contribution in [0.2, 0.25) is 0 Å². The van der Waals surface area contributed by atoms with E-state index in [9.17, 15) is 4.79 Å². The number of rotatable bonds is 5. The molecule has 2 aliphatic carbocycles. The third kappa shape index (κ3) is 3.74. The quantitative estimate of drug-likeness (QED) is 0.845. The largest absolute Gasteiger partial charge is 0.342 e. The highest BCUT2D eigenvalue weighted by Crippen LogP contribution is 2.42. The van der Waals surface area contributed by atoms with E-state index in [4.69, 9.17) is 5.73 Å². The number of carbonyl (C=O) groups is 1.